The number of carbonyl (C=O) groups excluding carboxylic acids is 3. The number of aryl methyl sites for hydroxylation is 1. The Labute approximate surface area is 115 Å². The van der Waals surface area contributed by atoms with Crippen molar-refractivity contribution in [1.82, 2.24) is 4.98 Å². The number of carbonyl (C=O) groups is 3. The van der Waals surface area contributed by atoms with Crippen molar-refractivity contribution in [2.75, 3.05) is 6.61 Å². The molecule has 1 heterocycles. The van der Waals surface area contributed by atoms with Crippen LogP contribution < -0.4 is 9.47 Å². The molecule has 1 rings (SSSR count). The summed E-state index contributed by atoms with van der Waals surface area (Å²) in [6.07, 6.45) is 0. The van der Waals surface area contributed by atoms with Crippen molar-refractivity contribution in [2.24, 2.45) is 0 Å². The van der Waals surface area contributed by atoms with Gasteiger partial charge in [0.05, 0.1) is 6.61 Å². The van der Waals surface area contributed by atoms with E-state index in [1.165, 1.54) is 19.9 Å². The summed E-state index contributed by atoms with van der Waals surface area (Å²) in [5.41, 5.74) is 0.230. The third-order valence-electron chi connectivity index (χ3n) is 2.05. The van der Waals surface area contributed by atoms with Gasteiger partial charge in [-0.1, -0.05) is 0 Å². The molecule has 0 aliphatic rings. The van der Waals surface area contributed by atoms with Gasteiger partial charge in [-0.25, -0.2) is 9.78 Å². The van der Waals surface area contributed by atoms with Gasteiger partial charge < -0.3 is 14.2 Å². The second-order valence-corrected chi connectivity index (χ2v) is 3.85. The summed E-state index contributed by atoms with van der Waals surface area (Å²) in [5.74, 6) is -2.35. The molecule has 20 heavy (non-hydrogen) atoms. The van der Waals surface area contributed by atoms with Gasteiger partial charge in [-0.2, -0.15) is 0 Å². The Balaban J connectivity index is 3.39. The van der Waals surface area contributed by atoms with Crippen LogP contribution in [0.15, 0.2) is 6.07 Å². The van der Waals surface area contributed by atoms with E-state index in [0.29, 0.717) is 5.69 Å². The first-order valence-corrected chi connectivity index (χ1v) is 5.90. The molecule has 108 valence electrons. The maximum absolute atomic E-state index is 11.9. The maximum atomic E-state index is 11.9. The van der Waals surface area contributed by atoms with Crippen molar-refractivity contribution >= 4 is 17.9 Å². The van der Waals surface area contributed by atoms with E-state index in [2.05, 4.69) is 4.98 Å². The summed E-state index contributed by atoms with van der Waals surface area (Å²) in [5, 5.41) is 0. The van der Waals surface area contributed by atoms with Crippen LogP contribution in [0.5, 0.6) is 11.6 Å². The Hall–Kier alpha value is -2.44. The number of aromatic nitrogens is 1. The molecule has 0 N–H and O–H groups in total. The molecular weight excluding hydrogens is 266 g/mol. The van der Waals surface area contributed by atoms with Crippen LogP contribution in [0.3, 0.4) is 0 Å². The van der Waals surface area contributed by atoms with E-state index in [-0.39, 0.29) is 23.8 Å². The Morgan fingerprint density at radius 2 is 1.75 bits per heavy atom. The topological polar surface area (TPSA) is 91.8 Å². The summed E-state index contributed by atoms with van der Waals surface area (Å²) in [6.45, 7) is 5.71. The maximum Gasteiger partial charge on any atom is 0.347 e. The highest BCUT2D eigenvalue weighted by atomic mass is 16.6. The number of nitrogens with zero attached hydrogens (tertiary/aromatic N) is 1. The van der Waals surface area contributed by atoms with Crippen molar-refractivity contribution in [3.05, 3.63) is 17.3 Å². The van der Waals surface area contributed by atoms with Crippen molar-refractivity contribution in [3.8, 4) is 11.6 Å². The Morgan fingerprint density at radius 1 is 1.15 bits per heavy atom. The van der Waals surface area contributed by atoms with Gasteiger partial charge in [-0.3, -0.25) is 9.59 Å². The van der Waals surface area contributed by atoms with Crippen molar-refractivity contribution in [1.29, 1.82) is 0 Å². The van der Waals surface area contributed by atoms with Gasteiger partial charge in [0.2, 0.25) is 5.88 Å². The standard InChI is InChI=1S/C13H15NO6/c1-5-18-13(17)11-10(19-8(3)15)6-7(2)14-12(11)20-9(4)16/h6H,5H2,1-4H3. The molecule has 0 saturated heterocycles. The van der Waals surface area contributed by atoms with Crippen LogP contribution in [0, 0.1) is 6.92 Å². The quantitative estimate of drug-likeness (QED) is 0.770. The van der Waals surface area contributed by atoms with E-state index < -0.39 is 17.9 Å². The zero-order valence-electron chi connectivity index (χ0n) is 11.7. The largest absolute Gasteiger partial charge is 0.462 e. The predicted molar refractivity (Wildman–Crippen MR) is 67.5 cm³/mol. The monoisotopic (exact) mass is 281 g/mol. The van der Waals surface area contributed by atoms with Crippen LogP contribution >= 0.6 is 0 Å². The fourth-order valence-corrected chi connectivity index (χ4v) is 1.45. The highest BCUT2D eigenvalue weighted by Crippen LogP contribution is 2.29. The van der Waals surface area contributed by atoms with Gasteiger partial charge in [-0.15, -0.1) is 0 Å². The van der Waals surface area contributed by atoms with Gasteiger partial charge in [-0.05, 0) is 13.8 Å². The molecule has 0 unspecified atom stereocenters. The summed E-state index contributed by atoms with van der Waals surface area (Å²) >= 11 is 0. The molecule has 0 atom stereocenters. The van der Waals surface area contributed by atoms with E-state index in [9.17, 15) is 14.4 Å². The molecule has 0 spiro atoms. The van der Waals surface area contributed by atoms with E-state index >= 15 is 0 Å². The second-order valence-electron chi connectivity index (χ2n) is 3.85. The van der Waals surface area contributed by atoms with Crippen LogP contribution in [0.1, 0.15) is 36.8 Å². The number of rotatable bonds is 4. The molecule has 0 aromatic carbocycles. The number of hydrogen-bond donors (Lipinski definition) is 0. The van der Waals surface area contributed by atoms with E-state index in [0.717, 1.165) is 0 Å². The molecule has 7 heteroatoms. The molecule has 1 aromatic rings. The molecule has 0 fully saturated rings. The molecular formula is C13H15NO6. The summed E-state index contributed by atoms with van der Waals surface area (Å²) in [7, 11) is 0. The molecule has 0 saturated carbocycles. The van der Waals surface area contributed by atoms with Crippen LogP contribution in [0.4, 0.5) is 0 Å². The average Bonchev–Trinajstić information content (AvgIpc) is 2.26. The summed E-state index contributed by atoms with van der Waals surface area (Å²) in [6, 6.07) is 1.39. The molecule has 0 aliphatic heterocycles. The normalized spacial score (nSPS) is 9.80. The molecule has 1 aromatic heterocycles. The Morgan fingerprint density at radius 3 is 2.25 bits per heavy atom. The first-order valence-electron chi connectivity index (χ1n) is 5.90. The fraction of sp³-hybridized carbons (Fsp3) is 0.385. The number of esters is 3. The Bertz CT molecular complexity index is 515. The molecule has 0 aliphatic carbocycles. The van der Waals surface area contributed by atoms with E-state index in [1.54, 1.807) is 13.8 Å². The first kappa shape index (κ1) is 15.6. The lowest BCUT2D eigenvalue weighted by molar-refractivity contribution is -0.132. The lowest BCUT2D eigenvalue weighted by Crippen LogP contribution is -2.15. The van der Waals surface area contributed by atoms with Crippen LogP contribution in [-0.2, 0) is 14.3 Å². The zero-order valence-corrected chi connectivity index (χ0v) is 11.7. The van der Waals surface area contributed by atoms with Crippen LogP contribution in [0.2, 0.25) is 0 Å². The van der Waals surface area contributed by atoms with Gasteiger partial charge in [0.25, 0.3) is 0 Å². The molecule has 7 nitrogen and oxygen atoms in total. The zero-order chi connectivity index (χ0) is 15.3. The van der Waals surface area contributed by atoms with Gasteiger partial charge >= 0.3 is 17.9 Å². The predicted octanol–water partition coefficient (Wildman–Crippen LogP) is 1.42. The minimum Gasteiger partial charge on any atom is -0.462 e. The van der Waals surface area contributed by atoms with Gasteiger partial charge in [0.15, 0.2) is 11.3 Å². The van der Waals surface area contributed by atoms with Crippen molar-refractivity contribution < 1.29 is 28.6 Å². The van der Waals surface area contributed by atoms with E-state index in [1.807, 2.05) is 0 Å². The highest BCUT2D eigenvalue weighted by molar-refractivity contribution is 5.96. The van der Waals surface area contributed by atoms with Crippen molar-refractivity contribution in [2.45, 2.75) is 27.7 Å². The fourth-order valence-electron chi connectivity index (χ4n) is 1.45. The van der Waals surface area contributed by atoms with Crippen LogP contribution in [0.25, 0.3) is 0 Å². The molecule has 0 radical (unpaired) electrons. The third-order valence-corrected chi connectivity index (χ3v) is 2.05. The number of ether oxygens (including phenoxy) is 3. The SMILES string of the molecule is CCOC(=O)c1c(OC(C)=O)cc(C)nc1OC(C)=O. The van der Waals surface area contributed by atoms with Gasteiger partial charge in [0.1, 0.15) is 0 Å². The minimum absolute atomic E-state index is 0.0558. The number of hydrogen-bond acceptors (Lipinski definition) is 7. The van der Waals surface area contributed by atoms with Crippen molar-refractivity contribution in [3.63, 3.8) is 0 Å². The van der Waals surface area contributed by atoms with Crippen LogP contribution in [-0.4, -0.2) is 29.5 Å². The third kappa shape index (κ3) is 4.04. The summed E-state index contributed by atoms with van der Waals surface area (Å²) < 4.78 is 14.7. The lowest BCUT2D eigenvalue weighted by Gasteiger charge is -2.12. The first-order chi connectivity index (χ1) is 9.35. The molecule has 0 bridgehead atoms. The van der Waals surface area contributed by atoms with Gasteiger partial charge in [0, 0.05) is 25.6 Å². The molecule has 0 amide bonds. The summed E-state index contributed by atoms with van der Waals surface area (Å²) in [4.78, 5) is 38.0. The lowest BCUT2D eigenvalue weighted by atomic mass is 10.2. The average molecular weight is 281 g/mol. The smallest absolute Gasteiger partial charge is 0.347 e. The Kier molecular flexibility index (Phi) is 5.19. The number of pyridine rings is 1. The highest BCUT2D eigenvalue weighted by Gasteiger charge is 2.24. The van der Waals surface area contributed by atoms with E-state index in [4.69, 9.17) is 14.2 Å². The minimum atomic E-state index is -0.785. The second kappa shape index (κ2) is 6.65.